The Labute approximate surface area is 95.9 Å². The molecule has 0 aliphatic rings. The lowest BCUT2D eigenvalue weighted by Crippen LogP contribution is -2.16. The Hall–Kier alpha value is -1.38. The van der Waals surface area contributed by atoms with Gasteiger partial charge < -0.3 is 10.4 Å². The van der Waals surface area contributed by atoms with Gasteiger partial charge in [0.1, 0.15) is 0 Å². The predicted molar refractivity (Wildman–Crippen MR) is 67.6 cm³/mol. The lowest BCUT2D eigenvalue weighted by Gasteiger charge is -2.11. The van der Waals surface area contributed by atoms with Gasteiger partial charge >= 0.3 is 0 Å². The zero-order valence-corrected chi connectivity index (χ0v) is 9.70. The maximum atomic E-state index is 9.87. The van der Waals surface area contributed by atoms with E-state index in [4.69, 9.17) is 0 Å². The van der Waals surface area contributed by atoms with Crippen molar-refractivity contribution < 1.29 is 5.11 Å². The average molecular weight is 215 g/mol. The van der Waals surface area contributed by atoms with Crippen molar-refractivity contribution in [3.05, 3.63) is 47.5 Å². The molecule has 0 aliphatic heterocycles. The molecule has 0 fully saturated rings. The van der Waals surface area contributed by atoms with Crippen molar-refractivity contribution in [1.29, 1.82) is 0 Å². The lowest BCUT2D eigenvalue weighted by atomic mass is 10.0. The van der Waals surface area contributed by atoms with Crippen molar-refractivity contribution in [3.8, 4) is 0 Å². The predicted octanol–water partition coefficient (Wildman–Crippen LogP) is 2.40. The molecular weight excluding hydrogens is 198 g/mol. The first-order valence-electron chi connectivity index (χ1n) is 5.53. The van der Waals surface area contributed by atoms with Crippen LogP contribution >= 0.6 is 0 Å². The largest absolute Gasteiger partial charge is 0.387 e. The number of nitrogens with one attached hydrogen (secondary N) is 1. The maximum absolute atomic E-state index is 9.87. The topological polar surface area (TPSA) is 32.3 Å². The molecule has 0 saturated carbocycles. The molecule has 0 heterocycles. The third kappa shape index (κ3) is 2.23. The van der Waals surface area contributed by atoms with E-state index in [1.54, 1.807) is 0 Å². The minimum Gasteiger partial charge on any atom is -0.387 e. The number of aliphatic hydroxyl groups is 1. The summed E-state index contributed by atoms with van der Waals surface area (Å²) in [6, 6.07) is 12.5. The summed E-state index contributed by atoms with van der Waals surface area (Å²) >= 11 is 0. The van der Waals surface area contributed by atoms with E-state index in [0.29, 0.717) is 6.54 Å². The third-order valence-corrected chi connectivity index (χ3v) is 2.80. The number of aryl methyl sites for hydroxylation is 1. The quantitative estimate of drug-likeness (QED) is 0.824. The fourth-order valence-electron chi connectivity index (χ4n) is 1.90. The van der Waals surface area contributed by atoms with Crippen molar-refractivity contribution in [3.63, 3.8) is 0 Å². The first-order chi connectivity index (χ1) is 7.70. The van der Waals surface area contributed by atoms with Gasteiger partial charge in [-0.3, -0.25) is 0 Å². The summed E-state index contributed by atoms with van der Waals surface area (Å²) in [4.78, 5) is 0. The summed E-state index contributed by atoms with van der Waals surface area (Å²) in [6.07, 6.45) is -0.435. The Kier molecular flexibility index (Phi) is 3.22. The highest BCUT2D eigenvalue weighted by Gasteiger charge is 2.06. The molecule has 0 spiro atoms. The normalized spacial score (nSPS) is 12.9. The molecule has 2 rings (SSSR count). The van der Waals surface area contributed by atoms with Gasteiger partial charge in [0.05, 0.1) is 6.10 Å². The summed E-state index contributed by atoms with van der Waals surface area (Å²) < 4.78 is 0. The summed E-state index contributed by atoms with van der Waals surface area (Å²) in [7, 11) is 1.84. The second-order valence-electron chi connectivity index (χ2n) is 4.18. The van der Waals surface area contributed by atoms with E-state index in [1.165, 1.54) is 16.3 Å². The van der Waals surface area contributed by atoms with Gasteiger partial charge in [-0.1, -0.05) is 35.9 Å². The standard InChI is InChI=1S/C14H17NO/c1-10-3-4-12-8-13(14(16)9-15-2)6-5-11(12)7-10/h3-8,14-16H,9H2,1-2H3. The molecule has 16 heavy (non-hydrogen) atoms. The Bertz CT molecular complexity index is 493. The summed E-state index contributed by atoms with van der Waals surface area (Å²) in [5, 5.41) is 15.2. The molecule has 2 aromatic carbocycles. The molecule has 0 radical (unpaired) electrons. The summed E-state index contributed by atoms with van der Waals surface area (Å²) in [5.74, 6) is 0. The van der Waals surface area contributed by atoms with Crippen LogP contribution in [0, 0.1) is 6.92 Å². The fourth-order valence-corrected chi connectivity index (χ4v) is 1.90. The van der Waals surface area contributed by atoms with Crippen molar-refractivity contribution in [2.45, 2.75) is 13.0 Å². The zero-order chi connectivity index (χ0) is 11.5. The van der Waals surface area contributed by atoms with Crippen molar-refractivity contribution in [2.24, 2.45) is 0 Å². The highest BCUT2D eigenvalue weighted by Crippen LogP contribution is 2.21. The second kappa shape index (κ2) is 4.64. The van der Waals surface area contributed by atoms with Crippen LogP contribution in [0.1, 0.15) is 17.2 Å². The van der Waals surface area contributed by atoms with Crippen LogP contribution in [0.2, 0.25) is 0 Å². The van der Waals surface area contributed by atoms with E-state index in [1.807, 2.05) is 13.1 Å². The van der Waals surface area contributed by atoms with Crippen LogP contribution in [0.4, 0.5) is 0 Å². The van der Waals surface area contributed by atoms with E-state index < -0.39 is 6.10 Å². The lowest BCUT2D eigenvalue weighted by molar-refractivity contribution is 0.178. The number of likely N-dealkylation sites (N-methyl/N-ethyl adjacent to an activating group) is 1. The Morgan fingerprint density at radius 2 is 1.81 bits per heavy atom. The van der Waals surface area contributed by atoms with Crippen molar-refractivity contribution >= 4 is 10.8 Å². The number of benzene rings is 2. The molecule has 0 saturated heterocycles. The van der Waals surface area contributed by atoms with E-state index in [9.17, 15) is 5.11 Å². The number of fused-ring (bicyclic) bond motifs is 1. The highest BCUT2D eigenvalue weighted by molar-refractivity contribution is 5.83. The molecule has 2 aromatic rings. The van der Waals surface area contributed by atoms with Gasteiger partial charge in [0.2, 0.25) is 0 Å². The number of hydrogen-bond acceptors (Lipinski definition) is 2. The van der Waals surface area contributed by atoms with Gasteiger partial charge in [0.15, 0.2) is 0 Å². The first-order valence-corrected chi connectivity index (χ1v) is 5.53. The first kappa shape index (κ1) is 11.1. The van der Waals surface area contributed by atoms with Gasteiger partial charge in [-0.15, -0.1) is 0 Å². The molecule has 0 aliphatic carbocycles. The molecule has 84 valence electrons. The van der Waals surface area contributed by atoms with Crippen LogP contribution in [-0.4, -0.2) is 18.7 Å². The molecule has 0 aromatic heterocycles. The van der Waals surface area contributed by atoms with Gasteiger partial charge in [0.25, 0.3) is 0 Å². The van der Waals surface area contributed by atoms with Crippen LogP contribution in [0.3, 0.4) is 0 Å². The van der Waals surface area contributed by atoms with Crippen molar-refractivity contribution in [2.75, 3.05) is 13.6 Å². The minimum absolute atomic E-state index is 0.435. The van der Waals surface area contributed by atoms with E-state index in [-0.39, 0.29) is 0 Å². The molecule has 1 atom stereocenters. The molecule has 1 unspecified atom stereocenters. The van der Waals surface area contributed by atoms with E-state index >= 15 is 0 Å². The SMILES string of the molecule is CNCC(O)c1ccc2cc(C)ccc2c1. The van der Waals surface area contributed by atoms with Gasteiger partial charge in [-0.2, -0.15) is 0 Å². The van der Waals surface area contributed by atoms with Crippen LogP contribution in [0.15, 0.2) is 36.4 Å². The van der Waals surface area contributed by atoms with E-state index in [2.05, 4.69) is 42.6 Å². The molecule has 0 amide bonds. The summed E-state index contributed by atoms with van der Waals surface area (Å²) in [6.45, 7) is 2.67. The Morgan fingerprint density at radius 1 is 1.12 bits per heavy atom. The number of aliphatic hydroxyl groups excluding tert-OH is 1. The van der Waals surface area contributed by atoms with Gasteiger partial charge in [-0.25, -0.2) is 0 Å². The molecular formula is C14H17NO. The highest BCUT2D eigenvalue weighted by atomic mass is 16.3. The Morgan fingerprint density at radius 3 is 2.56 bits per heavy atom. The third-order valence-electron chi connectivity index (χ3n) is 2.80. The molecule has 0 bridgehead atoms. The average Bonchev–Trinajstić information content (AvgIpc) is 2.28. The van der Waals surface area contributed by atoms with Gasteiger partial charge in [0, 0.05) is 6.54 Å². The Balaban J connectivity index is 2.40. The van der Waals surface area contributed by atoms with Crippen LogP contribution < -0.4 is 5.32 Å². The summed E-state index contributed by atoms with van der Waals surface area (Å²) in [5.41, 5.74) is 2.22. The fraction of sp³-hybridized carbons (Fsp3) is 0.286. The number of rotatable bonds is 3. The monoisotopic (exact) mass is 215 g/mol. The van der Waals surface area contributed by atoms with E-state index in [0.717, 1.165) is 5.56 Å². The van der Waals surface area contributed by atoms with Crippen LogP contribution in [-0.2, 0) is 0 Å². The van der Waals surface area contributed by atoms with Crippen LogP contribution in [0.5, 0.6) is 0 Å². The van der Waals surface area contributed by atoms with Crippen molar-refractivity contribution in [1.82, 2.24) is 5.32 Å². The molecule has 2 N–H and O–H groups in total. The molecule has 2 heteroatoms. The molecule has 2 nitrogen and oxygen atoms in total. The van der Waals surface area contributed by atoms with Gasteiger partial charge in [-0.05, 0) is 36.4 Å². The smallest absolute Gasteiger partial charge is 0.0914 e. The zero-order valence-electron chi connectivity index (χ0n) is 9.70. The van der Waals surface area contributed by atoms with Crippen LogP contribution in [0.25, 0.3) is 10.8 Å². The number of hydrogen-bond donors (Lipinski definition) is 2. The second-order valence-corrected chi connectivity index (χ2v) is 4.18. The minimum atomic E-state index is -0.435. The maximum Gasteiger partial charge on any atom is 0.0914 e.